The van der Waals surface area contributed by atoms with Crippen LogP contribution < -0.4 is 5.32 Å². The van der Waals surface area contributed by atoms with Gasteiger partial charge in [-0.2, -0.15) is 13.2 Å². The highest BCUT2D eigenvalue weighted by Crippen LogP contribution is 2.60. The molecule has 28 heavy (non-hydrogen) atoms. The van der Waals surface area contributed by atoms with Crippen LogP contribution in [-0.2, 0) is 21.1 Å². The fraction of sp³-hybridized carbons (Fsp3) is 0.600. The Morgan fingerprint density at radius 2 is 2.11 bits per heavy atom. The fourth-order valence-electron chi connectivity index (χ4n) is 4.41. The zero-order valence-electron chi connectivity index (χ0n) is 16.2. The maximum absolute atomic E-state index is 12.9. The number of nitrogens with one attached hydrogen (secondary N) is 1. The Morgan fingerprint density at radius 3 is 2.68 bits per heavy atom. The molecule has 8 heteroatoms. The molecule has 1 aromatic carbocycles. The third-order valence-corrected chi connectivity index (χ3v) is 6.07. The third kappa shape index (κ3) is 3.69. The lowest BCUT2D eigenvalue weighted by Gasteiger charge is -2.26. The predicted molar refractivity (Wildman–Crippen MR) is 96.7 cm³/mol. The summed E-state index contributed by atoms with van der Waals surface area (Å²) in [5.74, 6) is -0.102. The van der Waals surface area contributed by atoms with Crippen LogP contribution in [0.5, 0.6) is 0 Å². The summed E-state index contributed by atoms with van der Waals surface area (Å²) in [5, 5.41) is 2.57. The molecule has 0 bridgehead atoms. The number of nitrogens with zero attached hydrogens (tertiary/aromatic N) is 1. The number of hydrogen-bond acceptors (Lipinski definition) is 3. The van der Waals surface area contributed by atoms with Crippen LogP contribution in [0.25, 0.3) is 0 Å². The van der Waals surface area contributed by atoms with Crippen molar-refractivity contribution in [2.75, 3.05) is 26.7 Å². The van der Waals surface area contributed by atoms with Crippen LogP contribution in [0.2, 0.25) is 0 Å². The highest BCUT2D eigenvalue weighted by atomic mass is 19.4. The van der Waals surface area contributed by atoms with Crippen molar-refractivity contribution >= 4 is 12.0 Å². The number of carbonyl (C=O) groups excluding carboxylic acids is 2. The van der Waals surface area contributed by atoms with Gasteiger partial charge in [0, 0.05) is 25.0 Å². The van der Waals surface area contributed by atoms with Gasteiger partial charge in [-0.15, -0.1) is 0 Å². The van der Waals surface area contributed by atoms with E-state index in [1.807, 2.05) is 6.92 Å². The first-order valence-corrected chi connectivity index (χ1v) is 9.41. The summed E-state index contributed by atoms with van der Waals surface area (Å²) >= 11 is 0. The van der Waals surface area contributed by atoms with Crippen LogP contribution in [0, 0.1) is 18.8 Å². The molecule has 0 spiro atoms. The lowest BCUT2D eigenvalue weighted by atomic mass is 9.89. The lowest BCUT2D eigenvalue weighted by Crippen LogP contribution is -2.42. The van der Waals surface area contributed by atoms with Gasteiger partial charge in [0.2, 0.25) is 5.91 Å². The van der Waals surface area contributed by atoms with Gasteiger partial charge in [-0.25, -0.2) is 4.79 Å². The number of hydrogen-bond donors (Lipinski definition) is 1. The second-order valence-corrected chi connectivity index (χ2v) is 7.78. The highest BCUT2D eigenvalue weighted by Gasteiger charge is 2.62. The van der Waals surface area contributed by atoms with E-state index >= 15 is 0 Å². The monoisotopic (exact) mass is 398 g/mol. The van der Waals surface area contributed by atoms with Crippen LogP contribution in [0.1, 0.15) is 36.5 Å². The van der Waals surface area contributed by atoms with Crippen LogP contribution in [0.3, 0.4) is 0 Å². The maximum atomic E-state index is 12.9. The predicted octanol–water partition coefficient (Wildman–Crippen LogP) is 3.50. The van der Waals surface area contributed by atoms with Gasteiger partial charge < -0.3 is 15.0 Å². The first-order chi connectivity index (χ1) is 13.1. The number of amides is 2. The first-order valence-electron chi connectivity index (χ1n) is 9.41. The van der Waals surface area contributed by atoms with Gasteiger partial charge >= 0.3 is 12.3 Å². The van der Waals surface area contributed by atoms with Gasteiger partial charge in [0.05, 0.1) is 18.6 Å². The number of alkyl carbamates (subject to hydrolysis) is 1. The number of ether oxygens (including phenoxy) is 1. The minimum atomic E-state index is -4.36. The molecule has 2 amide bonds. The quantitative estimate of drug-likeness (QED) is 0.826. The summed E-state index contributed by atoms with van der Waals surface area (Å²) in [5.41, 5.74) is 0.638. The van der Waals surface area contributed by atoms with E-state index in [1.54, 1.807) is 17.9 Å². The molecule has 3 unspecified atom stereocenters. The first kappa shape index (κ1) is 20.5. The SMILES string of the molecule is CCC(CNC(=O)OC)C(=O)N1CC2CC2(c2ccc(C(F)(F)F)cc2C)C1. The summed E-state index contributed by atoms with van der Waals surface area (Å²) in [6, 6.07) is 3.90. The molecule has 1 aliphatic heterocycles. The Bertz CT molecular complexity index is 780. The number of fused-ring (bicyclic) bond motifs is 1. The van der Waals surface area contributed by atoms with E-state index in [-0.39, 0.29) is 29.7 Å². The van der Waals surface area contributed by atoms with Crippen LogP contribution >= 0.6 is 0 Å². The number of benzene rings is 1. The topological polar surface area (TPSA) is 58.6 Å². The molecule has 1 heterocycles. The van der Waals surface area contributed by atoms with Crippen molar-refractivity contribution in [3.8, 4) is 0 Å². The molecule has 1 aliphatic carbocycles. The number of halogens is 3. The van der Waals surface area contributed by atoms with Crippen molar-refractivity contribution in [1.82, 2.24) is 10.2 Å². The molecule has 2 aliphatic rings. The molecule has 3 rings (SSSR count). The van der Waals surface area contributed by atoms with E-state index in [0.717, 1.165) is 18.1 Å². The number of rotatable bonds is 5. The third-order valence-electron chi connectivity index (χ3n) is 6.07. The largest absolute Gasteiger partial charge is 0.453 e. The van der Waals surface area contributed by atoms with E-state index in [2.05, 4.69) is 10.1 Å². The number of methoxy groups -OCH3 is 1. The van der Waals surface area contributed by atoms with Crippen molar-refractivity contribution in [2.24, 2.45) is 11.8 Å². The smallest absolute Gasteiger partial charge is 0.416 e. The second kappa shape index (κ2) is 7.29. The standard InChI is InChI=1S/C20H25F3N2O3/c1-4-13(9-24-18(27)28-3)17(26)25-10-15-8-19(15,11-25)16-6-5-14(7-12(16)2)20(21,22)23/h5-7,13,15H,4,8-11H2,1-3H3,(H,24,27). The Morgan fingerprint density at radius 1 is 1.39 bits per heavy atom. The van der Waals surface area contributed by atoms with E-state index in [0.29, 0.717) is 25.1 Å². The van der Waals surface area contributed by atoms with Crippen molar-refractivity contribution in [3.05, 3.63) is 34.9 Å². The molecule has 1 N–H and O–H groups in total. The van der Waals surface area contributed by atoms with E-state index in [9.17, 15) is 22.8 Å². The number of alkyl halides is 3. The van der Waals surface area contributed by atoms with Gasteiger partial charge in [0.25, 0.3) is 0 Å². The molecule has 5 nitrogen and oxygen atoms in total. The summed E-state index contributed by atoms with van der Waals surface area (Å²) in [6.45, 7) is 4.91. The van der Waals surface area contributed by atoms with Crippen molar-refractivity contribution in [2.45, 2.75) is 38.3 Å². The Balaban J connectivity index is 1.71. The minimum Gasteiger partial charge on any atom is -0.453 e. The number of piperidine rings is 1. The highest BCUT2D eigenvalue weighted by molar-refractivity contribution is 5.81. The fourth-order valence-corrected chi connectivity index (χ4v) is 4.41. The zero-order valence-corrected chi connectivity index (χ0v) is 16.2. The average Bonchev–Trinajstić information content (AvgIpc) is 3.21. The summed E-state index contributed by atoms with van der Waals surface area (Å²) in [7, 11) is 1.27. The zero-order chi connectivity index (χ0) is 20.7. The van der Waals surface area contributed by atoms with E-state index in [4.69, 9.17) is 0 Å². The average molecular weight is 398 g/mol. The van der Waals surface area contributed by atoms with Crippen molar-refractivity contribution in [1.29, 1.82) is 0 Å². The van der Waals surface area contributed by atoms with Gasteiger partial charge in [0.15, 0.2) is 0 Å². The Labute approximate surface area is 162 Å². The Kier molecular flexibility index (Phi) is 5.34. The summed E-state index contributed by atoms with van der Waals surface area (Å²) in [6.07, 6.45) is -3.47. The molecule has 2 fully saturated rings. The van der Waals surface area contributed by atoms with Crippen LogP contribution in [0.15, 0.2) is 18.2 Å². The molecule has 0 radical (unpaired) electrons. The normalized spacial score (nSPS) is 24.5. The van der Waals surface area contributed by atoms with Gasteiger partial charge in [-0.1, -0.05) is 13.0 Å². The summed E-state index contributed by atoms with van der Waals surface area (Å²) < 4.78 is 43.4. The molecular formula is C20H25F3N2O3. The molecule has 154 valence electrons. The van der Waals surface area contributed by atoms with Crippen molar-refractivity contribution < 1.29 is 27.5 Å². The van der Waals surface area contributed by atoms with Crippen LogP contribution in [0.4, 0.5) is 18.0 Å². The molecular weight excluding hydrogens is 373 g/mol. The van der Waals surface area contributed by atoms with Gasteiger partial charge in [-0.3, -0.25) is 4.79 Å². The molecule has 1 saturated heterocycles. The van der Waals surface area contributed by atoms with Gasteiger partial charge in [-0.05, 0) is 48.9 Å². The molecule has 1 aromatic rings. The second-order valence-electron chi connectivity index (χ2n) is 7.78. The summed E-state index contributed by atoms with van der Waals surface area (Å²) in [4.78, 5) is 25.9. The lowest BCUT2D eigenvalue weighted by molar-refractivity contribution is -0.137. The maximum Gasteiger partial charge on any atom is 0.416 e. The molecule has 1 saturated carbocycles. The number of aryl methyl sites for hydroxylation is 1. The van der Waals surface area contributed by atoms with E-state index in [1.165, 1.54) is 13.2 Å². The molecule has 3 atom stereocenters. The van der Waals surface area contributed by atoms with Gasteiger partial charge in [0.1, 0.15) is 0 Å². The van der Waals surface area contributed by atoms with Crippen LogP contribution in [-0.4, -0.2) is 43.6 Å². The number of likely N-dealkylation sites (tertiary alicyclic amines) is 1. The molecule has 0 aromatic heterocycles. The number of carbonyl (C=O) groups is 2. The Hall–Kier alpha value is -2.25. The van der Waals surface area contributed by atoms with Crippen molar-refractivity contribution in [3.63, 3.8) is 0 Å². The van der Waals surface area contributed by atoms with E-state index < -0.39 is 17.8 Å². The minimum absolute atomic E-state index is 0.0324.